The molecule has 1 amide bonds. The number of amides is 1. The third-order valence-electron chi connectivity index (χ3n) is 4.28. The Bertz CT molecular complexity index is 1020. The van der Waals surface area contributed by atoms with Gasteiger partial charge in [0.1, 0.15) is 11.6 Å². The summed E-state index contributed by atoms with van der Waals surface area (Å²) in [4.78, 5) is 15.3. The fraction of sp³-hybridized carbons (Fsp3) is 0.150. The first-order valence-corrected chi connectivity index (χ1v) is 8.73. The predicted molar refractivity (Wildman–Crippen MR) is 102 cm³/mol. The average Bonchev–Trinajstić information content (AvgIpc) is 3.37. The van der Waals surface area contributed by atoms with Crippen molar-refractivity contribution in [3.05, 3.63) is 78.0 Å². The summed E-state index contributed by atoms with van der Waals surface area (Å²) in [5.74, 6) is 1.04. The number of anilines is 1. The van der Waals surface area contributed by atoms with E-state index in [1.165, 1.54) is 10.9 Å². The first kappa shape index (κ1) is 16.8. The van der Waals surface area contributed by atoms with E-state index in [1.54, 1.807) is 30.5 Å². The second-order valence-electron chi connectivity index (χ2n) is 6.10. The van der Waals surface area contributed by atoms with Gasteiger partial charge >= 0.3 is 0 Å². The van der Waals surface area contributed by atoms with E-state index < -0.39 is 0 Å². The molecule has 3 N–H and O–H groups in total. The molecule has 0 aliphatic carbocycles. The minimum Gasteiger partial charge on any atom is -0.467 e. The van der Waals surface area contributed by atoms with E-state index in [4.69, 9.17) is 4.42 Å². The number of H-pyrrole nitrogens is 1. The summed E-state index contributed by atoms with van der Waals surface area (Å²) in [6.45, 7) is 1.04. The predicted octanol–water partition coefficient (Wildman–Crippen LogP) is 3.14. The van der Waals surface area contributed by atoms with Crippen LogP contribution in [0.25, 0.3) is 10.9 Å². The van der Waals surface area contributed by atoms with E-state index in [0.717, 1.165) is 18.5 Å². The number of hydrogen-bond acceptors (Lipinski definition) is 5. The number of hydrogen-bond donors (Lipinski definition) is 3. The summed E-state index contributed by atoms with van der Waals surface area (Å²) >= 11 is 0. The Labute approximate surface area is 155 Å². The van der Waals surface area contributed by atoms with Crippen molar-refractivity contribution < 1.29 is 9.21 Å². The van der Waals surface area contributed by atoms with E-state index in [9.17, 15) is 4.79 Å². The van der Waals surface area contributed by atoms with Gasteiger partial charge in [0.2, 0.25) is 0 Å². The third-order valence-corrected chi connectivity index (χ3v) is 4.28. The molecule has 0 saturated heterocycles. The highest BCUT2D eigenvalue weighted by molar-refractivity contribution is 5.92. The van der Waals surface area contributed by atoms with Gasteiger partial charge in [-0.25, -0.2) is 0 Å². The van der Waals surface area contributed by atoms with Gasteiger partial charge in [0.05, 0.1) is 12.8 Å². The quantitative estimate of drug-likeness (QED) is 0.470. The molecule has 136 valence electrons. The lowest BCUT2D eigenvalue weighted by atomic mass is 10.1. The summed E-state index contributed by atoms with van der Waals surface area (Å²) in [7, 11) is 0. The fourth-order valence-corrected chi connectivity index (χ4v) is 2.88. The van der Waals surface area contributed by atoms with Crippen LogP contribution in [-0.2, 0) is 13.0 Å². The number of carbonyl (C=O) groups is 1. The molecule has 0 unspecified atom stereocenters. The van der Waals surface area contributed by atoms with Crippen molar-refractivity contribution in [2.24, 2.45) is 0 Å². The van der Waals surface area contributed by atoms with E-state index in [2.05, 4.69) is 37.9 Å². The minimum atomic E-state index is -0.288. The molecule has 4 rings (SSSR count). The molecule has 27 heavy (non-hydrogen) atoms. The fourth-order valence-electron chi connectivity index (χ4n) is 2.88. The molecule has 0 radical (unpaired) electrons. The molecule has 0 aliphatic heterocycles. The smallest absolute Gasteiger partial charge is 0.272 e. The number of carbonyl (C=O) groups excluding carboxylic acids is 1. The largest absolute Gasteiger partial charge is 0.467 e. The van der Waals surface area contributed by atoms with Gasteiger partial charge in [-0.3, -0.25) is 4.79 Å². The Morgan fingerprint density at radius 3 is 2.81 bits per heavy atom. The number of nitrogens with zero attached hydrogens (tertiary/aromatic N) is 2. The van der Waals surface area contributed by atoms with Crippen LogP contribution in [0.15, 0.2) is 65.4 Å². The molecular weight excluding hydrogens is 342 g/mol. The molecule has 0 spiro atoms. The van der Waals surface area contributed by atoms with Crippen LogP contribution in [0.3, 0.4) is 0 Å². The van der Waals surface area contributed by atoms with Crippen LogP contribution in [0.1, 0.15) is 21.8 Å². The molecule has 0 aliphatic rings. The van der Waals surface area contributed by atoms with E-state index in [1.807, 2.05) is 18.3 Å². The molecule has 0 bridgehead atoms. The zero-order valence-electron chi connectivity index (χ0n) is 14.6. The summed E-state index contributed by atoms with van der Waals surface area (Å²) in [5.41, 5.74) is 2.65. The number of nitrogens with one attached hydrogen (secondary N) is 3. The number of rotatable bonds is 7. The SMILES string of the molecule is O=C(NCc1ccco1)c1ccc(NCCc2c[nH]c3ccccc23)nn1. The number of aromatic amines is 1. The standard InChI is InChI=1S/C20H19N5O2/c26-20(23-13-15-4-3-11-27-15)18-7-8-19(25-24-18)21-10-9-14-12-22-17-6-2-1-5-16(14)17/h1-8,11-12,22H,9-10,13H2,(H,21,25)(H,23,26). The Hall–Kier alpha value is -3.61. The Kier molecular flexibility index (Phi) is 4.82. The van der Waals surface area contributed by atoms with Gasteiger partial charge in [-0.15, -0.1) is 10.2 Å². The van der Waals surface area contributed by atoms with Crippen LogP contribution in [0, 0.1) is 0 Å². The summed E-state index contributed by atoms with van der Waals surface area (Å²) in [6, 6.07) is 15.2. The van der Waals surface area contributed by atoms with Crippen molar-refractivity contribution >= 4 is 22.6 Å². The molecule has 0 atom stereocenters. The van der Waals surface area contributed by atoms with Crippen LogP contribution in [0.5, 0.6) is 0 Å². The molecule has 4 aromatic rings. The van der Waals surface area contributed by atoms with Crippen LogP contribution < -0.4 is 10.6 Å². The molecule has 0 saturated carbocycles. The normalized spacial score (nSPS) is 10.8. The van der Waals surface area contributed by atoms with E-state index in [0.29, 0.717) is 18.1 Å². The van der Waals surface area contributed by atoms with Gasteiger partial charge in [0.15, 0.2) is 5.69 Å². The molecule has 7 nitrogen and oxygen atoms in total. The molecule has 7 heteroatoms. The summed E-state index contributed by atoms with van der Waals surface area (Å²) in [6.07, 6.45) is 4.46. The number of benzene rings is 1. The Morgan fingerprint density at radius 2 is 2.00 bits per heavy atom. The molecule has 0 fully saturated rings. The van der Waals surface area contributed by atoms with Gasteiger partial charge in [-0.2, -0.15) is 0 Å². The second-order valence-corrected chi connectivity index (χ2v) is 6.10. The van der Waals surface area contributed by atoms with Crippen molar-refractivity contribution in [2.45, 2.75) is 13.0 Å². The van der Waals surface area contributed by atoms with Gasteiger partial charge in [0, 0.05) is 23.6 Å². The summed E-state index contributed by atoms with van der Waals surface area (Å²) in [5, 5.41) is 15.3. The van der Waals surface area contributed by atoms with Gasteiger partial charge in [0.25, 0.3) is 5.91 Å². The lowest BCUT2D eigenvalue weighted by Gasteiger charge is -2.06. The van der Waals surface area contributed by atoms with E-state index in [-0.39, 0.29) is 11.6 Å². The van der Waals surface area contributed by atoms with Crippen LogP contribution >= 0.6 is 0 Å². The number of furan rings is 1. The molecular formula is C20H19N5O2. The number of fused-ring (bicyclic) bond motifs is 1. The van der Waals surface area contributed by atoms with Crippen molar-refractivity contribution in [1.29, 1.82) is 0 Å². The minimum absolute atomic E-state index is 0.267. The first-order valence-electron chi connectivity index (χ1n) is 8.73. The van der Waals surface area contributed by atoms with Crippen LogP contribution in [0.2, 0.25) is 0 Å². The number of para-hydroxylation sites is 1. The molecule has 3 aromatic heterocycles. The van der Waals surface area contributed by atoms with Gasteiger partial charge in [-0.1, -0.05) is 18.2 Å². The van der Waals surface area contributed by atoms with Crippen molar-refractivity contribution in [2.75, 3.05) is 11.9 Å². The van der Waals surface area contributed by atoms with Gasteiger partial charge in [-0.05, 0) is 42.3 Å². The maximum Gasteiger partial charge on any atom is 0.272 e. The number of aromatic nitrogens is 3. The lowest BCUT2D eigenvalue weighted by molar-refractivity contribution is 0.0942. The van der Waals surface area contributed by atoms with Crippen molar-refractivity contribution in [3.63, 3.8) is 0 Å². The molecule has 1 aromatic carbocycles. The second kappa shape index (κ2) is 7.74. The zero-order chi connectivity index (χ0) is 18.5. The first-order chi connectivity index (χ1) is 13.3. The highest BCUT2D eigenvalue weighted by atomic mass is 16.3. The Balaban J connectivity index is 1.29. The highest BCUT2D eigenvalue weighted by Gasteiger charge is 2.09. The zero-order valence-corrected chi connectivity index (χ0v) is 14.6. The maximum absolute atomic E-state index is 12.1. The van der Waals surface area contributed by atoms with Crippen LogP contribution in [0.4, 0.5) is 5.82 Å². The van der Waals surface area contributed by atoms with E-state index >= 15 is 0 Å². The Morgan fingerprint density at radius 1 is 1.07 bits per heavy atom. The third kappa shape index (κ3) is 3.98. The maximum atomic E-state index is 12.1. The molecule has 3 heterocycles. The van der Waals surface area contributed by atoms with Crippen LogP contribution in [-0.4, -0.2) is 27.6 Å². The lowest BCUT2D eigenvalue weighted by Crippen LogP contribution is -2.24. The summed E-state index contributed by atoms with van der Waals surface area (Å²) < 4.78 is 5.18. The van der Waals surface area contributed by atoms with Gasteiger partial charge < -0.3 is 20.0 Å². The average molecular weight is 361 g/mol. The topological polar surface area (TPSA) is 95.8 Å². The monoisotopic (exact) mass is 361 g/mol. The van der Waals surface area contributed by atoms with Crippen molar-refractivity contribution in [1.82, 2.24) is 20.5 Å². The van der Waals surface area contributed by atoms with Crippen molar-refractivity contribution in [3.8, 4) is 0 Å². The highest BCUT2D eigenvalue weighted by Crippen LogP contribution is 2.18.